The number of nitrogens with zero attached hydrogens (tertiary/aromatic N) is 1. The minimum atomic E-state index is -3.54. The molecule has 0 spiro atoms. The van der Waals surface area contributed by atoms with Crippen molar-refractivity contribution in [2.75, 3.05) is 26.2 Å². The number of fused-ring (bicyclic) bond motifs is 1. The fourth-order valence-electron chi connectivity index (χ4n) is 3.75. The number of sulfonamides is 1. The Hall–Kier alpha value is -1.54. The third-order valence-electron chi connectivity index (χ3n) is 5.30. The third kappa shape index (κ3) is 6.24. The van der Waals surface area contributed by atoms with Crippen LogP contribution < -0.4 is 15.4 Å². The molecule has 0 amide bonds. The van der Waals surface area contributed by atoms with E-state index >= 15 is 0 Å². The van der Waals surface area contributed by atoms with Crippen molar-refractivity contribution in [3.63, 3.8) is 0 Å². The molecule has 0 radical (unpaired) electrons. The predicted molar refractivity (Wildman–Crippen MR) is 114 cm³/mol. The summed E-state index contributed by atoms with van der Waals surface area (Å²) in [4.78, 5) is 4.48. The van der Waals surface area contributed by atoms with Crippen molar-refractivity contribution in [1.82, 2.24) is 20.3 Å². The Labute approximate surface area is 168 Å². The van der Waals surface area contributed by atoms with Crippen LogP contribution >= 0.6 is 0 Å². The molecule has 2 aromatic rings. The molecule has 0 aliphatic heterocycles. The molecule has 1 fully saturated rings. The number of aromatic nitrogens is 1. The van der Waals surface area contributed by atoms with Crippen LogP contribution in [0.4, 0.5) is 0 Å². The zero-order valence-electron chi connectivity index (χ0n) is 16.5. The van der Waals surface area contributed by atoms with Crippen LogP contribution in [0.25, 0.3) is 10.9 Å². The summed E-state index contributed by atoms with van der Waals surface area (Å²) in [5, 5.41) is 7.87. The SMILES string of the molecule is O=S(=O)(NCCCCNCCNC1CCCCC1)c1cccc2cccnc12. The van der Waals surface area contributed by atoms with Crippen LogP contribution in [-0.2, 0) is 10.0 Å². The fourth-order valence-corrected chi connectivity index (χ4v) is 5.00. The second-order valence-electron chi connectivity index (χ2n) is 7.48. The van der Waals surface area contributed by atoms with E-state index < -0.39 is 10.0 Å². The van der Waals surface area contributed by atoms with E-state index in [4.69, 9.17) is 0 Å². The summed E-state index contributed by atoms with van der Waals surface area (Å²) in [5.41, 5.74) is 0.518. The van der Waals surface area contributed by atoms with Gasteiger partial charge < -0.3 is 10.6 Å². The summed E-state index contributed by atoms with van der Waals surface area (Å²) in [6, 6.07) is 9.62. The maximum atomic E-state index is 12.6. The maximum Gasteiger partial charge on any atom is 0.242 e. The Morgan fingerprint density at radius 1 is 0.929 bits per heavy atom. The van der Waals surface area contributed by atoms with Gasteiger partial charge in [-0.05, 0) is 44.4 Å². The van der Waals surface area contributed by atoms with Crippen LogP contribution in [0.5, 0.6) is 0 Å². The van der Waals surface area contributed by atoms with E-state index in [2.05, 4.69) is 20.3 Å². The lowest BCUT2D eigenvalue weighted by Gasteiger charge is -2.22. The van der Waals surface area contributed by atoms with Crippen LogP contribution in [0.15, 0.2) is 41.4 Å². The smallest absolute Gasteiger partial charge is 0.242 e. The first kappa shape index (κ1) is 21.2. The molecule has 1 saturated carbocycles. The van der Waals surface area contributed by atoms with Crippen molar-refractivity contribution in [3.05, 3.63) is 36.5 Å². The van der Waals surface area contributed by atoms with E-state index in [0.717, 1.165) is 37.9 Å². The Bertz CT molecular complexity index is 830. The monoisotopic (exact) mass is 404 g/mol. The number of rotatable bonds is 11. The van der Waals surface area contributed by atoms with Crippen LogP contribution in [0.2, 0.25) is 0 Å². The molecule has 1 aliphatic rings. The lowest BCUT2D eigenvalue weighted by molar-refractivity contribution is 0.372. The second-order valence-corrected chi connectivity index (χ2v) is 9.21. The highest BCUT2D eigenvalue weighted by Crippen LogP contribution is 2.20. The Kier molecular flexibility index (Phi) is 8.21. The average molecular weight is 405 g/mol. The molecule has 3 N–H and O–H groups in total. The van der Waals surface area contributed by atoms with Gasteiger partial charge in [0.1, 0.15) is 4.90 Å². The maximum absolute atomic E-state index is 12.6. The quantitative estimate of drug-likeness (QED) is 0.502. The Morgan fingerprint density at radius 3 is 2.57 bits per heavy atom. The molecule has 3 rings (SSSR count). The summed E-state index contributed by atoms with van der Waals surface area (Å²) >= 11 is 0. The van der Waals surface area contributed by atoms with Gasteiger partial charge in [0.25, 0.3) is 0 Å². The minimum Gasteiger partial charge on any atom is -0.315 e. The van der Waals surface area contributed by atoms with Crippen LogP contribution in [0.1, 0.15) is 44.9 Å². The number of para-hydroxylation sites is 1. The van der Waals surface area contributed by atoms with Gasteiger partial charge in [-0.1, -0.05) is 37.5 Å². The number of hydrogen-bond acceptors (Lipinski definition) is 5. The van der Waals surface area contributed by atoms with Gasteiger partial charge in [0.15, 0.2) is 0 Å². The molecule has 0 unspecified atom stereocenters. The normalized spacial score (nSPS) is 15.9. The van der Waals surface area contributed by atoms with Crippen molar-refractivity contribution in [3.8, 4) is 0 Å². The first-order valence-electron chi connectivity index (χ1n) is 10.4. The summed E-state index contributed by atoms with van der Waals surface area (Å²) in [6.07, 6.45) is 10.1. The van der Waals surface area contributed by atoms with E-state index in [1.54, 1.807) is 18.3 Å². The largest absolute Gasteiger partial charge is 0.315 e. The van der Waals surface area contributed by atoms with Crippen LogP contribution in [-0.4, -0.2) is 45.6 Å². The van der Waals surface area contributed by atoms with Gasteiger partial charge in [0, 0.05) is 37.3 Å². The average Bonchev–Trinajstić information content (AvgIpc) is 2.73. The lowest BCUT2D eigenvalue weighted by atomic mass is 9.95. The molecule has 0 saturated heterocycles. The number of hydrogen-bond donors (Lipinski definition) is 3. The second kappa shape index (κ2) is 10.9. The van der Waals surface area contributed by atoms with Crippen molar-refractivity contribution in [2.24, 2.45) is 0 Å². The summed E-state index contributed by atoms with van der Waals surface area (Å²) in [6.45, 7) is 3.31. The third-order valence-corrected chi connectivity index (χ3v) is 6.79. The van der Waals surface area contributed by atoms with E-state index in [1.807, 2.05) is 18.2 Å². The molecule has 154 valence electrons. The van der Waals surface area contributed by atoms with Crippen molar-refractivity contribution in [2.45, 2.75) is 55.9 Å². The molecular weight excluding hydrogens is 372 g/mol. The van der Waals surface area contributed by atoms with E-state index in [9.17, 15) is 8.42 Å². The van der Waals surface area contributed by atoms with Crippen molar-refractivity contribution >= 4 is 20.9 Å². The van der Waals surface area contributed by atoms with Gasteiger partial charge >= 0.3 is 0 Å². The molecule has 1 aromatic heterocycles. The minimum absolute atomic E-state index is 0.248. The molecule has 1 aromatic carbocycles. The zero-order valence-corrected chi connectivity index (χ0v) is 17.3. The van der Waals surface area contributed by atoms with Crippen LogP contribution in [0, 0.1) is 0 Å². The molecule has 1 aliphatic carbocycles. The fraction of sp³-hybridized carbons (Fsp3) is 0.571. The Morgan fingerprint density at radius 2 is 1.71 bits per heavy atom. The molecule has 6 nitrogen and oxygen atoms in total. The molecular formula is C21H32N4O2S. The first-order valence-corrected chi connectivity index (χ1v) is 11.9. The van der Waals surface area contributed by atoms with E-state index in [0.29, 0.717) is 18.1 Å². The van der Waals surface area contributed by atoms with Gasteiger partial charge in [-0.25, -0.2) is 13.1 Å². The zero-order chi connectivity index (χ0) is 19.7. The highest BCUT2D eigenvalue weighted by molar-refractivity contribution is 7.89. The standard InChI is InChI=1S/C21H32N4O2S/c26-28(27,20-12-6-8-18-9-7-14-24-21(18)20)25-15-5-4-13-22-16-17-23-19-10-2-1-3-11-19/h6-9,12,14,19,22-23,25H,1-5,10-11,13,15-17H2. The van der Waals surface area contributed by atoms with Gasteiger partial charge in [-0.3, -0.25) is 4.98 Å². The molecule has 0 bridgehead atoms. The molecule has 28 heavy (non-hydrogen) atoms. The van der Waals surface area contributed by atoms with E-state index in [-0.39, 0.29) is 4.90 Å². The van der Waals surface area contributed by atoms with Gasteiger partial charge in [-0.15, -0.1) is 0 Å². The number of pyridine rings is 1. The number of nitrogens with one attached hydrogen (secondary N) is 3. The van der Waals surface area contributed by atoms with E-state index in [1.165, 1.54) is 32.1 Å². The Balaban J connectivity index is 1.31. The molecule has 0 atom stereocenters. The number of benzene rings is 1. The predicted octanol–water partition coefficient (Wildman–Crippen LogP) is 2.81. The molecule has 7 heteroatoms. The summed E-state index contributed by atoms with van der Waals surface area (Å²) in [5.74, 6) is 0. The molecule has 1 heterocycles. The first-order chi connectivity index (χ1) is 13.7. The number of unbranched alkanes of at least 4 members (excludes halogenated alkanes) is 1. The van der Waals surface area contributed by atoms with Crippen LogP contribution in [0.3, 0.4) is 0 Å². The van der Waals surface area contributed by atoms with Crippen molar-refractivity contribution in [1.29, 1.82) is 0 Å². The van der Waals surface area contributed by atoms with Gasteiger partial charge in [-0.2, -0.15) is 0 Å². The topological polar surface area (TPSA) is 83.1 Å². The van der Waals surface area contributed by atoms with Crippen molar-refractivity contribution < 1.29 is 8.42 Å². The highest BCUT2D eigenvalue weighted by Gasteiger charge is 2.17. The van der Waals surface area contributed by atoms with Gasteiger partial charge in [0.2, 0.25) is 10.0 Å². The summed E-state index contributed by atoms with van der Waals surface area (Å²) < 4.78 is 27.9. The van der Waals surface area contributed by atoms with Gasteiger partial charge in [0.05, 0.1) is 5.52 Å². The summed E-state index contributed by atoms with van der Waals surface area (Å²) in [7, 11) is -3.54. The highest BCUT2D eigenvalue weighted by atomic mass is 32.2. The lowest BCUT2D eigenvalue weighted by Crippen LogP contribution is -2.36.